The first kappa shape index (κ1) is 13.9. The molecule has 3 N–H and O–H groups in total. The lowest BCUT2D eigenvalue weighted by Crippen LogP contribution is -2.58. The fraction of sp³-hybridized carbons (Fsp3) is 0.933. The van der Waals surface area contributed by atoms with Gasteiger partial charge in [0.15, 0.2) is 0 Å². The van der Waals surface area contributed by atoms with Gasteiger partial charge in [0.2, 0.25) is 5.91 Å². The number of carbonyl (C=O) groups is 1. The number of rotatable bonds is 3. The van der Waals surface area contributed by atoms with Crippen molar-refractivity contribution in [2.24, 2.45) is 17.6 Å². The molecular formula is C15H28N2O. The molecule has 0 saturated heterocycles. The molecule has 104 valence electrons. The molecule has 18 heavy (non-hydrogen) atoms. The van der Waals surface area contributed by atoms with Crippen LogP contribution in [0, 0.1) is 11.8 Å². The average molecular weight is 252 g/mol. The maximum absolute atomic E-state index is 12.4. The molecule has 3 nitrogen and oxygen atoms in total. The van der Waals surface area contributed by atoms with Crippen LogP contribution in [0.1, 0.15) is 65.2 Å². The summed E-state index contributed by atoms with van der Waals surface area (Å²) in [6.45, 7) is 4.35. The molecule has 0 radical (unpaired) electrons. The number of nitrogens with two attached hydrogens (primary N) is 1. The third kappa shape index (κ3) is 3.05. The molecule has 2 unspecified atom stereocenters. The predicted octanol–water partition coefficient (Wildman–Crippen LogP) is 2.59. The van der Waals surface area contributed by atoms with E-state index in [4.69, 9.17) is 5.73 Å². The topological polar surface area (TPSA) is 55.1 Å². The van der Waals surface area contributed by atoms with Gasteiger partial charge >= 0.3 is 0 Å². The summed E-state index contributed by atoms with van der Waals surface area (Å²) in [4.78, 5) is 12.4. The molecule has 2 fully saturated rings. The van der Waals surface area contributed by atoms with Gasteiger partial charge in [-0.15, -0.1) is 0 Å². The second kappa shape index (κ2) is 5.60. The summed E-state index contributed by atoms with van der Waals surface area (Å²) in [6, 6.07) is 0.289. The van der Waals surface area contributed by atoms with Crippen molar-refractivity contribution in [2.75, 3.05) is 0 Å². The Balaban J connectivity index is 1.89. The summed E-state index contributed by atoms with van der Waals surface area (Å²) in [5, 5.41) is 3.19. The molecule has 0 aromatic heterocycles. The molecule has 0 spiro atoms. The molecule has 3 heteroatoms. The van der Waals surface area contributed by atoms with Gasteiger partial charge in [0.05, 0.1) is 5.54 Å². The summed E-state index contributed by atoms with van der Waals surface area (Å²) in [5.41, 5.74) is 5.72. The quantitative estimate of drug-likeness (QED) is 0.811. The molecule has 0 aliphatic heterocycles. The molecule has 2 rings (SSSR count). The standard InChI is InChI=1S/C15H28N2O/c1-11-6-5-9-15(16,10-11)14(18)17-12(2)13-7-3-4-8-13/h11-13H,3-10,16H2,1-2H3,(H,17,18)/t11?,12-,15?/m1/s1. The maximum Gasteiger partial charge on any atom is 0.240 e. The molecule has 0 bridgehead atoms. The highest BCUT2D eigenvalue weighted by Crippen LogP contribution is 2.32. The number of nitrogens with one attached hydrogen (secondary N) is 1. The number of hydrogen-bond acceptors (Lipinski definition) is 2. The zero-order chi connectivity index (χ0) is 13.2. The van der Waals surface area contributed by atoms with Crippen molar-refractivity contribution < 1.29 is 4.79 Å². The monoisotopic (exact) mass is 252 g/mol. The van der Waals surface area contributed by atoms with Crippen LogP contribution < -0.4 is 11.1 Å². The van der Waals surface area contributed by atoms with E-state index in [-0.39, 0.29) is 11.9 Å². The number of hydrogen-bond donors (Lipinski definition) is 2. The highest BCUT2D eigenvalue weighted by atomic mass is 16.2. The Hall–Kier alpha value is -0.570. The van der Waals surface area contributed by atoms with Crippen LogP contribution >= 0.6 is 0 Å². The van der Waals surface area contributed by atoms with Crippen LogP contribution in [0.3, 0.4) is 0 Å². The van der Waals surface area contributed by atoms with Gasteiger partial charge in [-0.05, 0) is 44.4 Å². The van der Waals surface area contributed by atoms with E-state index in [1.54, 1.807) is 0 Å². The van der Waals surface area contributed by atoms with E-state index >= 15 is 0 Å². The minimum Gasteiger partial charge on any atom is -0.352 e. The Morgan fingerprint density at radius 1 is 1.28 bits per heavy atom. The summed E-state index contributed by atoms with van der Waals surface area (Å²) < 4.78 is 0. The normalized spacial score (nSPS) is 35.4. The van der Waals surface area contributed by atoms with Crippen LogP contribution in [0.15, 0.2) is 0 Å². The molecule has 0 aromatic rings. The Morgan fingerprint density at radius 2 is 1.94 bits per heavy atom. The molecule has 2 saturated carbocycles. The summed E-state index contributed by atoms with van der Waals surface area (Å²) in [5.74, 6) is 1.34. The maximum atomic E-state index is 12.4. The van der Waals surface area contributed by atoms with Crippen molar-refractivity contribution in [1.29, 1.82) is 0 Å². The van der Waals surface area contributed by atoms with Crippen LogP contribution in [-0.4, -0.2) is 17.5 Å². The zero-order valence-electron chi connectivity index (χ0n) is 11.9. The minimum absolute atomic E-state index is 0.0912. The lowest BCUT2D eigenvalue weighted by Gasteiger charge is -2.36. The van der Waals surface area contributed by atoms with Crippen molar-refractivity contribution in [3.8, 4) is 0 Å². The van der Waals surface area contributed by atoms with E-state index in [0.717, 1.165) is 19.3 Å². The molecule has 0 heterocycles. The lowest BCUT2D eigenvalue weighted by atomic mass is 9.76. The van der Waals surface area contributed by atoms with Crippen LogP contribution in [-0.2, 0) is 4.79 Å². The largest absolute Gasteiger partial charge is 0.352 e. The summed E-state index contributed by atoms with van der Waals surface area (Å²) in [6.07, 6.45) is 9.14. The van der Waals surface area contributed by atoms with E-state index < -0.39 is 5.54 Å². The smallest absolute Gasteiger partial charge is 0.240 e. The Labute approximate surface area is 111 Å². The van der Waals surface area contributed by atoms with E-state index in [1.807, 2.05) is 0 Å². The molecule has 3 atom stereocenters. The summed E-state index contributed by atoms with van der Waals surface area (Å²) in [7, 11) is 0. The first-order valence-electron chi connectivity index (χ1n) is 7.61. The second-order valence-corrected chi connectivity index (χ2v) is 6.66. The first-order chi connectivity index (χ1) is 8.51. The Kier molecular flexibility index (Phi) is 4.31. The van der Waals surface area contributed by atoms with E-state index in [9.17, 15) is 4.79 Å². The van der Waals surface area contributed by atoms with Gasteiger partial charge in [-0.1, -0.05) is 32.6 Å². The van der Waals surface area contributed by atoms with Gasteiger partial charge < -0.3 is 11.1 Å². The van der Waals surface area contributed by atoms with Gasteiger partial charge in [0.25, 0.3) is 0 Å². The van der Waals surface area contributed by atoms with Gasteiger partial charge in [0, 0.05) is 6.04 Å². The highest BCUT2D eigenvalue weighted by Gasteiger charge is 2.39. The molecule has 1 amide bonds. The minimum atomic E-state index is -0.607. The predicted molar refractivity (Wildman–Crippen MR) is 74.1 cm³/mol. The molecular weight excluding hydrogens is 224 g/mol. The van der Waals surface area contributed by atoms with E-state index in [1.165, 1.54) is 32.1 Å². The van der Waals surface area contributed by atoms with Crippen LogP contribution in [0.25, 0.3) is 0 Å². The zero-order valence-corrected chi connectivity index (χ0v) is 11.9. The molecule has 2 aliphatic rings. The summed E-state index contributed by atoms with van der Waals surface area (Å²) >= 11 is 0. The average Bonchev–Trinajstić information content (AvgIpc) is 2.81. The molecule has 2 aliphatic carbocycles. The number of amides is 1. The highest BCUT2D eigenvalue weighted by molar-refractivity contribution is 5.86. The van der Waals surface area contributed by atoms with Crippen LogP contribution in [0.5, 0.6) is 0 Å². The Morgan fingerprint density at radius 3 is 2.56 bits per heavy atom. The van der Waals surface area contributed by atoms with Gasteiger partial charge in [-0.25, -0.2) is 0 Å². The first-order valence-corrected chi connectivity index (χ1v) is 7.61. The SMILES string of the molecule is CC1CCCC(N)(C(=O)N[C@H](C)C2CCCC2)C1. The third-order valence-corrected chi connectivity index (χ3v) is 4.95. The fourth-order valence-corrected chi connectivity index (χ4v) is 3.72. The van der Waals surface area contributed by atoms with Gasteiger partial charge in [-0.3, -0.25) is 4.79 Å². The van der Waals surface area contributed by atoms with Crippen LogP contribution in [0.2, 0.25) is 0 Å². The van der Waals surface area contributed by atoms with Crippen molar-refractivity contribution >= 4 is 5.91 Å². The van der Waals surface area contributed by atoms with Crippen molar-refractivity contribution in [3.63, 3.8) is 0 Å². The van der Waals surface area contributed by atoms with E-state index in [2.05, 4.69) is 19.2 Å². The Bertz CT molecular complexity index is 299. The van der Waals surface area contributed by atoms with Gasteiger partial charge in [-0.2, -0.15) is 0 Å². The van der Waals surface area contributed by atoms with E-state index in [0.29, 0.717) is 11.8 Å². The van der Waals surface area contributed by atoms with Crippen molar-refractivity contribution in [1.82, 2.24) is 5.32 Å². The second-order valence-electron chi connectivity index (χ2n) is 6.66. The van der Waals surface area contributed by atoms with Crippen molar-refractivity contribution in [3.05, 3.63) is 0 Å². The third-order valence-electron chi connectivity index (χ3n) is 4.95. The molecule has 0 aromatic carbocycles. The van der Waals surface area contributed by atoms with Crippen LogP contribution in [0.4, 0.5) is 0 Å². The number of carbonyl (C=O) groups excluding carboxylic acids is 1. The van der Waals surface area contributed by atoms with Crippen molar-refractivity contribution in [2.45, 2.75) is 76.8 Å². The lowest BCUT2D eigenvalue weighted by molar-refractivity contribution is -0.129. The fourth-order valence-electron chi connectivity index (χ4n) is 3.72. The van der Waals surface area contributed by atoms with Gasteiger partial charge in [0.1, 0.15) is 0 Å².